The van der Waals surface area contributed by atoms with Gasteiger partial charge in [-0.3, -0.25) is 0 Å². The molecule has 0 aliphatic carbocycles. The van der Waals surface area contributed by atoms with Crippen LogP contribution in [0.25, 0.3) is 11.1 Å². The highest BCUT2D eigenvalue weighted by molar-refractivity contribution is 5.65. The van der Waals surface area contributed by atoms with Gasteiger partial charge in [-0.15, -0.1) is 0 Å². The first-order valence-electron chi connectivity index (χ1n) is 9.20. The van der Waals surface area contributed by atoms with Gasteiger partial charge in [0.15, 0.2) is 0 Å². The number of aryl methyl sites for hydroxylation is 1. The maximum atomic E-state index is 13.9. The quantitative estimate of drug-likeness (QED) is 0.517. The third-order valence-corrected chi connectivity index (χ3v) is 5.44. The summed E-state index contributed by atoms with van der Waals surface area (Å²) in [6.07, 6.45) is -8.49. The van der Waals surface area contributed by atoms with Crippen LogP contribution >= 0.6 is 0 Å². The first-order chi connectivity index (χ1) is 13.6. The Kier molecular flexibility index (Phi) is 6.33. The van der Waals surface area contributed by atoms with Crippen molar-refractivity contribution >= 4 is 0 Å². The summed E-state index contributed by atoms with van der Waals surface area (Å²) in [6.45, 7) is 2.42. The number of rotatable bonds is 4. The van der Waals surface area contributed by atoms with Crippen LogP contribution in [0.3, 0.4) is 0 Å². The second-order valence-corrected chi connectivity index (χ2v) is 7.37. The zero-order valence-electron chi connectivity index (χ0n) is 16.0. The molecule has 2 aromatic rings. The van der Waals surface area contributed by atoms with Crippen molar-refractivity contribution in [2.75, 3.05) is 6.61 Å². The van der Waals surface area contributed by atoms with Crippen molar-refractivity contribution in [2.24, 2.45) is 0 Å². The molecule has 1 saturated heterocycles. The van der Waals surface area contributed by atoms with E-state index in [9.17, 15) is 34.3 Å². The predicted octanol–water partition coefficient (Wildman–Crippen LogP) is 1.12. The van der Waals surface area contributed by atoms with E-state index in [0.717, 1.165) is 0 Å². The lowest BCUT2D eigenvalue weighted by molar-refractivity contribution is -0.250. The Labute approximate surface area is 166 Å². The molecule has 0 amide bonds. The predicted molar refractivity (Wildman–Crippen MR) is 100.0 cm³/mol. The molecule has 6 nitrogen and oxygen atoms in total. The van der Waals surface area contributed by atoms with Gasteiger partial charge >= 0.3 is 0 Å². The number of ether oxygens (including phenoxy) is 1. The van der Waals surface area contributed by atoms with Crippen LogP contribution < -0.4 is 0 Å². The Bertz CT molecular complexity index is 864. The second-order valence-electron chi connectivity index (χ2n) is 7.37. The van der Waals surface area contributed by atoms with Crippen molar-refractivity contribution in [3.05, 3.63) is 58.7 Å². The molecule has 6 atom stereocenters. The summed E-state index contributed by atoms with van der Waals surface area (Å²) >= 11 is 0. The summed E-state index contributed by atoms with van der Waals surface area (Å²) in [5, 5.41) is 50.0. The molecule has 0 aromatic heterocycles. The maximum Gasteiger partial charge on any atom is 0.129 e. The summed E-state index contributed by atoms with van der Waals surface area (Å²) in [6, 6.07) is 7.18. The zero-order valence-corrected chi connectivity index (χ0v) is 16.0. The van der Waals surface area contributed by atoms with Crippen molar-refractivity contribution < 1.29 is 39.1 Å². The average molecular weight is 410 g/mol. The minimum Gasteiger partial charge on any atom is -0.394 e. The highest BCUT2D eigenvalue weighted by Gasteiger charge is 2.46. The molecule has 1 fully saturated rings. The normalized spacial score (nSPS) is 28.4. The Morgan fingerprint density at radius 1 is 0.931 bits per heavy atom. The minimum absolute atomic E-state index is 0.0693. The molecule has 1 aliphatic rings. The Morgan fingerprint density at radius 3 is 2.10 bits per heavy atom. The Morgan fingerprint density at radius 2 is 1.55 bits per heavy atom. The summed E-state index contributed by atoms with van der Waals surface area (Å²) < 4.78 is 33.1. The fourth-order valence-electron chi connectivity index (χ4n) is 3.57. The first-order valence-corrected chi connectivity index (χ1v) is 9.20. The molecule has 1 heterocycles. The lowest BCUT2D eigenvalue weighted by Gasteiger charge is -2.42. The fourth-order valence-corrected chi connectivity index (χ4v) is 3.57. The van der Waals surface area contributed by atoms with Gasteiger partial charge < -0.3 is 30.3 Å². The van der Waals surface area contributed by atoms with Crippen LogP contribution in [0.15, 0.2) is 30.3 Å². The Balaban J connectivity index is 1.90. The van der Waals surface area contributed by atoms with E-state index in [1.165, 1.54) is 25.1 Å². The fraction of sp³-hybridized carbons (Fsp3) is 0.429. The molecule has 0 unspecified atom stereocenters. The molecule has 1 aliphatic heterocycles. The van der Waals surface area contributed by atoms with Gasteiger partial charge in [-0.1, -0.05) is 18.2 Å². The SMILES string of the molecule is Cc1cc(-c2cc(F)c(C)c(F)c2)ccc1[C@@H](O)[C@H]1O[C@H](CO)[C@@H](O)[C@H](O)[C@@H]1O. The van der Waals surface area contributed by atoms with E-state index < -0.39 is 54.9 Å². The van der Waals surface area contributed by atoms with Crippen molar-refractivity contribution in [1.82, 2.24) is 0 Å². The van der Waals surface area contributed by atoms with Crippen molar-refractivity contribution in [3.63, 3.8) is 0 Å². The summed E-state index contributed by atoms with van der Waals surface area (Å²) in [5.74, 6) is -1.33. The molecule has 2 aromatic carbocycles. The molecule has 0 radical (unpaired) electrons. The third kappa shape index (κ3) is 4.05. The topological polar surface area (TPSA) is 110 Å². The molecule has 3 rings (SSSR count). The highest BCUT2D eigenvalue weighted by Crippen LogP contribution is 2.33. The van der Waals surface area contributed by atoms with Crippen LogP contribution in [0.2, 0.25) is 0 Å². The van der Waals surface area contributed by atoms with Crippen molar-refractivity contribution in [1.29, 1.82) is 0 Å². The number of hydrogen-bond donors (Lipinski definition) is 5. The number of aliphatic hydroxyl groups excluding tert-OH is 5. The van der Waals surface area contributed by atoms with Crippen molar-refractivity contribution in [2.45, 2.75) is 50.5 Å². The van der Waals surface area contributed by atoms with E-state index >= 15 is 0 Å². The van der Waals surface area contributed by atoms with Crippen LogP contribution in [-0.4, -0.2) is 62.7 Å². The Hall–Kier alpha value is -1.94. The number of aliphatic hydroxyl groups is 5. The summed E-state index contributed by atoms with van der Waals surface area (Å²) in [5.41, 5.74) is 1.73. The number of halogens is 2. The van der Waals surface area contributed by atoms with E-state index in [0.29, 0.717) is 22.3 Å². The van der Waals surface area contributed by atoms with E-state index in [1.54, 1.807) is 19.1 Å². The molecular weight excluding hydrogens is 386 g/mol. The second kappa shape index (κ2) is 8.43. The monoisotopic (exact) mass is 410 g/mol. The molecule has 0 saturated carbocycles. The van der Waals surface area contributed by atoms with E-state index in [1.807, 2.05) is 0 Å². The standard InChI is InChI=1S/C21H24F2O6/c1-9-5-11(12-6-14(22)10(2)15(23)7-12)3-4-13(9)17(25)21-20(28)19(27)18(26)16(8-24)29-21/h3-7,16-21,24-28H,8H2,1-2H3/t16-,17-,18-,19+,20+,21-/m1/s1. The van der Waals surface area contributed by atoms with Gasteiger partial charge in [0.05, 0.1) is 6.61 Å². The molecule has 158 valence electrons. The van der Waals surface area contributed by atoms with Crippen LogP contribution in [0.4, 0.5) is 8.78 Å². The molecule has 0 bridgehead atoms. The van der Waals surface area contributed by atoms with Crippen LogP contribution in [0.1, 0.15) is 22.8 Å². The molecule has 5 N–H and O–H groups in total. The smallest absolute Gasteiger partial charge is 0.129 e. The third-order valence-electron chi connectivity index (χ3n) is 5.44. The maximum absolute atomic E-state index is 13.9. The van der Waals surface area contributed by atoms with Gasteiger partial charge in [-0.25, -0.2) is 8.78 Å². The lowest BCUT2D eigenvalue weighted by Crippen LogP contribution is -2.59. The number of hydrogen-bond acceptors (Lipinski definition) is 6. The highest BCUT2D eigenvalue weighted by atomic mass is 19.1. The summed E-state index contributed by atoms with van der Waals surface area (Å²) in [4.78, 5) is 0. The minimum atomic E-state index is -1.60. The van der Waals surface area contributed by atoms with Crippen LogP contribution in [-0.2, 0) is 4.74 Å². The largest absolute Gasteiger partial charge is 0.394 e. The van der Waals surface area contributed by atoms with Gasteiger partial charge in [0.25, 0.3) is 0 Å². The van der Waals surface area contributed by atoms with Gasteiger partial charge in [-0.05, 0) is 48.2 Å². The van der Waals surface area contributed by atoms with Gasteiger partial charge in [-0.2, -0.15) is 0 Å². The van der Waals surface area contributed by atoms with Crippen LogP contribution in [0.5, 0.6) is 0 Å². The lowest BCUT2D eigenvalue weighted by atomic mass is 9.88. The zero-order chi connectivity index (χ0) is 21.5. The van der Waals surface area contributed by atoms with Gasteiger partial charge in [0, 0.05) is 5.56 Å². The van der Waals surface area contributed by atoms with Crippen molar-refractivity contribution in [3.8, 4) is 11.1 Å². The average Bonchev–Trinajstić information content (AvgIpc) is 2.69. The molecule has 8 heteroatoms. The van der Waals surface area contributed by atoms with E-state index in [4.69, 9.17) is 4.74 Å². The van der Waals surface area contributed by atoms with Crippen LogP contribution in [0, 0.1) is 25.5 Å². The first kappa shape index (κ1) is 21.8. The van der Waals surface area contributed by atoms with E-state index in [-0.39, 0.29) is 5.56 Å². The van der Waals surface area contributed by atoms with Gasteiger partial charge in [0.2, 0.25) is 0 Å². The molecule has 29 heavy (non-hydrogen) atoms. The summed E-state index contributed by atoms with van der Waals surface area (Å²) in [7, 11) is 0. The van der Waals surface area contributed by atoms with E-state index in [2.05, 4.69) is 0 Å². The number of benzene rings is 2. The molecular formula is C21H24F2O6. The molecule has 0 spiro atoms. The van der Waals surface area contributed by atoms with Gasteiger partial charge in [0.1, 0.15) is 48.3 Å².